The van der Waals surface area contributed by atoms with Crippen LogP contribution < -0.4 is 4.57 Å². The van der Waals surface area contributed by atoms with Crippen LogP contribution in [0.5, 0.6) is 0 Å². The van der Waals surface area contributed by atoms with E-state index in [2.05, 4.69) is 12.6 Å². The van der Waals surface area contributed by atoms with Crippen molar-refractivity contribution < 1.29 is 23.5 Å². The topological polar surface area (TPSA) is 69.5 Å². The summed E-state index contributed by atoms with van der Waals surface area (Å²) in [5.74, 6) is 0. The van der Waals surface area contributed by atoms with Crippen molar-refractivity contribution in [3.63, 3.8) is 0 Å². The first-order valence-electron chi connectivity index (χ1n) is 6.91. The zero-order chi connectivity index (χ0) is 16.8. The van der Waals surface area contributed by atoms with Crippen LogP contribution >= 0.6 is 0 Å². The summed E-state index contributed by atoms with van der Waals surface area (Å²) in [6, 6.07) is 0. The highest BCUT2D eigenvalue weighted by Crippen LogP contribution is 2.07. The fourth-order valence-corrected chi connectivity index (χ4v) is 1.59. The quantitative estimate of drug-likeness (QED) is 0.277. The number of thiocyanates is 1. The van der Waals surface area contributed by atoms with E-state index in [0.717, 1.165) is 0 Å². The van der Waals surface area contributed by atoms with Gasteiger partial charge in [-0.1, -0.05) is 5.40 Å². The molecule has 0 fully saturated rings. The smallest absolute Gasteiger partial charge is 0.248 e. The molecule has 1 aromatic rings. The van der Waals surface area contributed by atoms with Crippen molar-refractivity contribution in [3.05, 3.63) is 18.7 Å². The van der Waals surface area contributed by atoms with Crippen molar-refractivity contribution in [2.45, 2.75) is 26.3 Å². The monoisotopic (exact) mass is 331 g/mol. The van der Waals surface area contributed by atoms with Crippen LogP contribution in [-0.2, 0) is 31.6 Å². The lowest BCUT2D eigenvalue weighted by Crippen LogP contribution is -2.38. The molecular formula is C14H25N3O4S. The molecule has 126 valence electrons. The third-order valence-corrected chi connectivity index (χ3v) is 2.81. The van der Waals surface area contributed by atoms with Gasteiger partial charge in [-0.2, -0.15) is 0 Å². The van der Waals surface area contributed by atoms with Crippen LogP contribution in [0.3, 0.4) is 0 Å². The van der Waals surface area contributed by atoms with Crippen molar-refractivity contribution in [2.75, 3.05) is 40.6 Å². The highest BCUT2D eigenvalue weighted by molar-refractivity contribution is 7.64. The molecule has 0 N–H and O–H groups in total. The summed E-state index contributed by atoms with van der Waals surface area (Å²) in [7, 11) is 3.33. The Morgan fingerprint density at radius 3 is 2.23 bits per heavy atom. The standard InChI is InChI=1S/C13H25N2O4.CHNS/c1-12(18-9-7-16-3)14-5-6-15(11-14)13(2)19-10-8-17-4;2-1-3/h5-6,11-13H,7-10H2,1-4H3;3H/q+1;/p-1. The van der Waals surface area contributed by atoms with E-state index in [-0.39, 0.29) is 12.5 Å². The third-order valence-electron chi connectivity index (χ3n) is 2.81. The van der Waals surface area contributed by atoms with E-state index in [1.54, 1.807) is 14.2 Å². The van der Waals surface area contributed by atoms with E-state index in [0.29, 0.717) is 26.4 Å². The minimum atomic E-state index is -0.0254. The molecule has 0 amide bonds. The van der Waals surface area contributed by atoms with E-state index < -0.39 is 0 Å². The molecular weight excluding hydrogens is 306 g/mol. The van der Waals surface area contributed by atoms with Crippen LogP contribution in [-0.4, -0.2) is 45.2 Å². The number of aromatic nitrogens is 2. The van der Waals surface area contributed by atoms with Gasteiger partial charge in [0.15, 0.2) is 12.5 Å². The Morgan fingerprint density at radius 1 is 1.14 bits per heavy atom. The van der Waals surface area contributed by atoms with Gasteiger partial charge >= 0.3 is 0 Å². The second-order valence-electron chi connectivity index (χ2n) is 4.33. The molecule has 0 aromatic carbocycles. The lowest BCUT2D eigenvalue weighted by Gasteiger charge is -2.10. The number of hydrogen-bond donors (Lipinski definition) is 0. The molecule has 0 spiro atoms. The fourth-order valence-electron chi connectivity index (χ4n) is 1.59. The maximum atomic E-state index is 7.13. The molecule has 0 bridgehead atoms. The Morgan fingerprint density at radius 2 is 1.68 bits per heavy atom. The molecule has 0 aliphatic heterocycles. The Bertz CT molecular complexity index is 392. The highest BCUT2D eigenvalue weighted by Gasteiger charge is 2.15. The predicted octanol–water partition coefficient (Wildman–Crippen LogP) is 1.15. The average Bonchev–Trinajstić information content (AvgIpc) is 2.98. The number of rotatable bonds is 10. The molecule has 0 radical (unpaired) electrons. The second-order valence-corrected chi connectivity index (χ2v) is 4.51. The predicted molar refractivity (Wildman–Crippen MR) is 82.7 cm³/mol. The maximum Gasteiger partial charge on any atom is 0.248 e. The summed E-state index contributed by atoms with van der Waals surface area (Å²) in [5.41, 5.74) is 0. The van der Waals surface area contributed by atoms with Gasteiger partial charge in [0, 0.05) is 28.1 Å². The number of nitrogens with zero attached hydrogens (tertiary/aromatic N) is 3. The first-order chi connectivity index (χ1) is 10.6. The van der Waals surface area contributed by atoms with Crippen molar-refractivity contribution >= 4 is 12.6 Å². The number of hydrogen-bond acceptors (Lipinski definition) is 6. The van der Waals surface area contributed by atoms with Crippen LogP contribution in [0, 0.1) is 10.7 Å². The van der Waals surface area contributed by atoms with Gasteiger partial charge in [0.25, 0.3) is 0 Å². The molecule has 22 heavy (non-hydrogen) atoms. The van der Waals surface area contributed by atoms with Crippen LogP contribution in [0.2, 0.25) is 0 Å². The summed E-state index contributed by atoms with van der Waals surface area (Å²) in [6.45, 7) is 6.35. The molecule has 0 aliphatic rings. The molecule has 0 saturated heterocycles. The van der Waals surface area contributed by atoms with Gasteiger partial charge < -0.3 is 31.6 Å². The van der Waals surface area contributed by atoms with Crippen LogP contribution in [0.25, 0.3) is 0 Å². The Balaban J connectivity index is 0.00000135. The number of nitriles is 1. The minimum absolute atomic E-state index is 0.0254. The van der Waals surface area contributed by atoms with E-state index in [1.807, 2.05) is 41.7 Å². The molecule has 1 heterocycles. The molecule has 0 saturated carbocycles. The van der Waals surface area contributed by atoms with Gasteiger partial charge in [-0.15, -0.1) is 0 Å². The summed E-state index contributed by atoms with van der Waals surface area (Å²) in [6.07, 6.45) is 5.85. The third kappa shape index (κ3) is 8.92. The van der Waals surface area contributed by atoms with Crippen molar-refractivity contribution in [1.29, 1.82) is 5.26 Å². The van der Waals surface area contributed by atoms with E-state index in [1.165, 1.54) is 5.40 Å². The molecule has 1 aromatic heterocycles. The molecule has 0 aliphatic carbocycles. The Hall–Kier alpha value is -1.24. The largest absolute Gasteiger partial charge is 0.696 e. The highest BCUT2D eigenvalue weighted by atomic mass is 32.1. The molecule has 7 nitrogen and oxygen atoms in total. The summed E-state index contributed by atoms with van der Waals surface area (Å²) in [5, 5.41) is 8.47. The number of imidazole rings is 1. The average molecular weight is 331 g/mol. The summed E-state index contributed by atoms with van der Waals surface area (Å²) >= 11 is 3.70. The molecule has 8 heteroatoms. The zero-order valence-corrected chi connectivity index (χ0v) is 14.4. The Kier molecular flexibility index (Phi) is 12.7. The lowest BCUT2D eigenvalue weighted by molar-refractivity contribution is -0.758. The number of ether oxygens (including phenoxy) is 4. The molecule has 1 rings (SSSR count). The summed E-state index contributed by atoms with van der Waals surface area (Å²) < 4.78 is 25.1. The number of methoxy groups -OCH3 is 2. The Labute approximate surface area is 137 Å². The molecule has 2 atom stereocenters. The van der Waals surface area contributed by atoms with Gasteiger partial charge in [0.1, 0.15) is 12.4 Å². The van der Waals surface area contributed by atoms with E-state index in [9.17, 15) is 0 Å². The van der Waals surface area contributed by atoms with E-state index >= 15 is 0 Å². The minimum Gasteiger partial charge on any atom is -0.696 e. The normalized spacial score (nSPS) is 12.9. The van der Waals surface area contributed by atoms with Crippen molar-refractivity contribution in [1.82, 2.24) is 4.57 Å². The van der Waals surface area contributed by atoms with Crippen molar-refractivity contribution in [2.24, 2.45) is 0 Å². The summed E-state index contributed by atoms with van der Waals surface area (Å²) in [4.78, 5) is 0. The first-order valence-corrected chi connectivity index (χ1v) is 7.32. The van der Waals surface area contributed by atoms with Gasteiger partial charge in [-0.25, -0.2) is 14.4 Å². The van der Waals surface area contributed by atoms with Gasteiger partial charge in [0.05, 0.1) is 26.4 Å². The van der Waals surface area contributed by atoms with Crippen LogP contribution in [0.4, 0.5) is 0 Å². The van der Waals surface area contributed by atoms with E-state index in [4.69, 9.17) is 24.2 Å². The lowest BCUT2D eigenvalue weighted by atomic mass is 10.6. The van der Waals surface area contributed by atoms with Gasteiger partial charge in [-0.05, 0) is 0 Å². The SMILES string of the molecule is COCCOC(C)n1cc[n+](C(C)OCCOC)c1.N#C[S-]. The van der Waals surface area contributed by atoms with Gasteiger partial charge in [-0.3, -0.25) is 0 Å². The van der Waals surface area contributed by atoms with Crippen molar-refractivity contribution in [3.8, 4) is 5.40 Å². The molecule has 2 unspecified atom stereocenters. The van der Waals surface area contributed by atoms with Gasteiger partial charge in [0.2, 0.25) is 6.33 Å². The first kappa shape index (κ1) is 20.8. The maximum absolute atomic E-state index is 7.13. The second kappa shape index (κ2) is 13.4. The zero-order valence-electron chi connectivity index (χ0n) is 13.6. The van der Waals surface area contributed by atoms with Crippen LogP contribution in [0.15, 0.2) is 18.7 Å². The fraction of sp³-hybridized carbons (Fsp3) is 0.714. The van der Waals surface area contributed by atoms with Crippen LogP contribution in [0.1, 0.15) is 26.3 Å².